The van der Waals surface area contributed by atoms with Crippen LogP contribution in [0.25, 0.3) is 0 Å². The number of nitrogens with zero attached hydrogens (tertiary/aromatic N) is 2. The summed E-state index contributed by atoms with van der Waals surface area (Å²) in [6.45, 7) is 6.78. The number of carbonyl (C=O) groups is 2. The van der Waals surface area contributed by atoms with E-state index in [2.05, 4.69) is 41.1 Å². The Hall–Kier alpha value is -2.06. The lowest BCUT2D eigenvalue weighted by molar-refractivity contribution is -0.149. The molecule has 1 saturated carbocycles. The number of carbonyl (C=O) groups excluding carboxylic acids is 2. The van der Waals surface area contributed by atoms with E-state index in [1.165, 1.54) is 0 Å². The second-order valence-corrected chi connectivity index (χ2v) is 14.6. The monoisotopic (exact) mass is 599 g/mol. The molecular formula is C35H51F2N3O3. The summed E-state index contributed by atoms with van der Waals surface area (Å²) in [5.41, 5.74) is 0.998. The zero-order valence-electron chi connectivity index (χ0n) is 26.1. The van der Waals surface area contributed by atoms with Gasteiger partial charge in [0.15, 0.2) is 0 Å². The van der Waals surface area contributed by atoms with Gasteiger partial charge < -0.3 is 15.0 Å². The fourth-order valence-corrected chi connectivity index (χ4v) is 9.47. The Kier molecular flexibility index (Phi) is 9.17. The lowest BCUT2D eigenvalue weighted by atomic mass is 9.77. The van der Waals surface area contributed by atoms with Crippen LogP contribution in [-0.2, 0) is 14.3 Å². The molecule has 6 nitrogen and oxygen atoms in total. The zero-order valence-corrected chi connectivity index (χ0v) is 26.1. The van der Waals surface area contributed by atoms with Crippen molar-refractivity contribution in [3.63, 3.8) is 0 Å². The van der Waals surface area contributed by atoms with Gasteiger partial charge in [0.1, 0.15) is 0 Å². The quantitative estimate of drug-likeness (QED) is 0.371. The summed E-state index contributed by atoms with van der Waals surface area (Å²) in [5.74, 6) is -2.26. The second kappa shape index (κ2) is 12.7. The Bertz CT molecular complexity index is 1100. The number of hydrogen-bond donors (Lipinski definition) is 1. The number of ether oxygens (including phenoxy) is 1. The zero-order chi connectivity index (χ0) is 30.2. The molecule has 6 rings (SSSR count). The van der Waals surface area contributed by atoms with Gasteiger partial charge >= 0.3 is 0 Å². The molecule has 43 heavy (non-hydrogen) atoms. The Balaban J connectivity index is 1.14. The number of alkyl halides is 2. The summed E-state index contributed by atoms with van der Waals surface area (Å²) in [5, 5.41) is 3.27. The van der Waals surface area contributed by atoms with Crippen LogP contribution in [0.1, 0.15) is 109 Å². The van der Waals surface area contributed by atoms with Gasteiger partial charge in [-0.3, -0.25) is 14.5 Å². The van der Waals surface area contributed by atoms with Crippen molar-refractivity contribution in [2.45, 2.75) is 133 Å². The van der Waals surface area contributed by atoms with Crippen LogP contribution in [0.5, 0.6) is 0 Å². The summed E-state index contributed by atoms with van der Waals surface area (Å²) < 4.78 is 33.2. The Labute approximate surface area is 256 Å². The molecule has 238 valence electrons. The average molecular weight is 600 g/mol. The fourth-order valence-electron chi connectivity index (χ4n) is 9.47. The second-order valence-electron chi connectivity index (χ2n) is 14.6. The molecule has 2 amide bonds. The van der Waals surface area contributed by atoms with Crippen LogP contribution in [0.2, 0.25) is 0 Å². The van der Waals surface area contributed by atoms with Gasteiger partial charge in [0.25, 0.3) is 0 Å². The Morgan fingerprint density at radius 2 is 1.70 bits per heavy atom. The van der Waals surface area contributed by atoms with Crippen LogP contribution in [0.4, 0.5) is 8.78 Å². The molecule has 4 saturated heterocycles. The van der Waals surface area contributed by atoms with Crippen molar-refractivity contribution < 1.29 is 23.1 Å². The molecule has 4 heterocycles. The first-order chi connectivity index (χ1) is 20.7. The fraction of sp³-hybridized carbons (Fsp3) is 0.771. The van der Waals surface area contributed by atoms with E-state index in [4.69, 9.17) is 4.74 Å². The minimum Gasteiger partial charge on any atom is -0.381 e. The topological polar surface area (TPSA) is 61.9 Å². The van der Waals surface area contributed by atoms with E-state index in [1.54, 1.807) is 0 Å². The van der Waals surface area contributed by atoms with E-state index >= 15 is 0 Å². The first-order valence-electron chi connectivity index (χ1n) is 17.1. The van der Waals surface area contributed by atoms with Crippen LogP contribution in [0, 0.1) is 17.8 Å². The highest BCUT2D eigenvalue weighted by atomic mass is 19.3. The maximum Gasteiger partial charge on any atom is 0.248 e. The van der Waals surface area contributed by atoms with Crippen molar-refractivity contribution in [3.8, 4) is 0 Å². The maximum absolute atomic E-state index is 14.2. The molecule has 0 radical (unpaired) electrons. The van der Waals surface area contributed by atoms with Crippen LogP contribution in [0.15, 0.2) is 30.3 Å². The van der Waals surface area contributed by atoms with E-state index < -0.39 is 5.92 Å². The van der Waals surface area contributed by atoms with Gasteiger partial charge in [-0.05, 0) is 89.5 Å². The van der Waals surface area contributed by atoms with Crippen molar-refractivity contribution in [1.29, 1.82) is 0 Å². The van der Waals surface area contributed by atoms with Gasteiger partial charge in [0.05, 0.1) is 12.6 Å². The van der Waals surface area contributed by atoms with Crippen LogP contribution < -0.4 is 5.32 Å². The van der Waals surface area contributed by atoms with Crippen molar-refractivity contribution in [3.05, 3.63) is 35.9 Å². The smallest absolute Gasteiger partial charge is 0.248 e. The highest BCUT2D eigenvalue weighted by Crippen LogP contribution is 2.50. The lowest BCUT2D eigenvalue weighted by Gasteiger charge is -2.53. The number of rotatable bonds is 8. The number of benzene rings is 1. The first kappa shape index (κ1) is 30.9. The number of hydrogen-bond acceptors (Lipinski definition) is 4. The number of likely N-dealkylation sites (tertiary alicyclic amines) is 1. The molecule has 0 aromatic heterocycles. The first-order valence-corrected chi connectivity index (χ1v) is 17.1. The third-order valence-corrected chi connectivity index (χ3v) is 11.6. The third kappa shape index (κ3) is 6.51. The van der Waals surface area contributed by atoms with E-state index in [1.807, 2.05) is 18.2 Å². The summed E-state index contributed by atoms with van der Waals surface area (Å²) in [6, 6.07) is 11.0. The van der Waals surface area contributed by atoms with E-state index in [-0.39, 0.29) is 61.0 Å². The molecule has 5 aliphatic rings. The predicted molar refractivity (Wildman–Crippen MR) is 163 cm³/mol. The van der Waals surface area contributed by atoms with Gasteiger partial charge in [-0.2, -0.15) is 0 Å². The summed E-state index contributed by atoms with van der Waals surface area (Å²) in [7, 11) is 0. The number of halogens is 2. The number of piperidine rings is 1. The van der Waals surface area contributed by atoms with Crippen molar-refractivity contribution in [1.82, 2.24) is 15.1 Å². The molecule has 1 aliphatic carbocycles. The van der Waals surface area contributed by atoms with Gasteiger partial charge in [0.2, 0.25) is 17.7 Å². The van der Waals surface area contributed by atoms with Gasteiger partial charge in [-0.1, -0.05) is 36.8 Å². The molecule has 1 spiro atoms. The molecule has 1 N–H and O–H groups in total. The van der Waals surface area contributed by atoms with Gasteiger partial charge in [0, 0.05) is 61.5 Å². The molecule has 1 aromatic rings. The minimum absolute atomic E-state index is 0.0715. The predicted octanol–water partition coefficient (Wildman–Crippen LogP) is 6.50. The lowest BCUT2D eigenvalue weighted by Crippen LogP contribution is -2.63. The molecule has 4 aliphatic heterocycles. The van der Waals surface area contributed by atoms with Crippen molar-refractivity contribution in [2.24, 2.45) is 17.8 Å². The van der Waals surface area contributed by atoms with Gasteiger partial charge in [-0.25, -0.2) is 8.78 Å². The van der Waals surface area contributed by atoms with E-state index in [9.17, 15) is 18.4 Å². The van der Waals surface area contributed by atoms with Crippen molar-refractivity contribution in [2.75, 3.05) is 19.8 Å². The standard InChI is InChI=1S/C35H51F2N3O3/c1-24(2)40-33(42)30(27-15-20-43-23-27)9-6-16-34(40)21-28-10-11-29(22-34)39(28)19-14-31(25-7-4-3-5-8-25)38-32(41)26-12-17-35(36,37)18-13-26/h3-5,7-8,24,26-31H,6,9-23H2,1-2H3,(H,38,41)/t27?,28-,29?,30?,31+,34?/m1/s1. The van der Waals surface area contributed by atoms with Crippen LogP contribution >= 0.6 is 0 Å². The van der Waals surface area contributed by atoms with Crippen LogP contribution in [-0.4, -0.2) is 71.0 Å². The maximum atomic E-state index is 14.2. The normalized spacial score (nSPS) is 34.1. The Morgan fingerprint density at radius 3 is 2.33 bits per heavy atom. The number of fused-ring (bicyclic) bond motifs is 2. The molecule has 2 bridgehead atoms. The summed E-state index contributed by atoms with van der Waals surface area (Å²) in [6.07, 6.45) is 9.42. The molecule has 4 unspecified atom stereocenters. The number of nitrogens with one attached hydrogen (secondary N) is 1. The highest BCUT2D eigenvalue weighted by Gasteiger charge is 2.54. The summed E-state index contributed by atoms with van der Waals surface area (Å²) in [4.78, 5) is 32.4. The largest absolute Gasteiger partial charge is 0.381 e. The molecule has 1 aromatic carbocycles. The van der Waals surface area contributed by atoms with Crippen molar-refractivity contribution >= 4 is 11.8 Å². The molecule has 6 atom stereocenters. The van der Waals surface area contributed by atoms with Gasteiger partial charge in [-0.15, -0.1) is 0 Å². The molecule has 5 fully saturated rings. The molecule has 8 heteroatoms. The highest BCUT2D eigenvalue weighted by molar-refractivity contribution is 5.81. The van der Waals surface area contributed by atoms with E-state index in [0.29, 0.717) is 23.9 Å². The molecular weight excluding hydrogens is 548 g/mol. The van der Waals surface area contributed by atoms with E-state index in [0.717, 1.165) is 83.1 Å². The summed E-state index contributed by atoms with van der Waals surface area (Å²) >= 11 is 0. The Morgan fingerprint density at radius 1 is 1.00 bits per heavy atom. The SMILES string of the molecule is CC(C)N1C(=O)C(C2CCOC2)CCCC12CC1CC[C@H](C2)N1CC[C@H](NC(=O)C1CCC(F)(F)CC1)c1ccccc1. The number of amides is 2. The third-order valence-electron chi connectivity index (χ3n) is 11.6. The van der Waals surface area contributed by atoms with Crippen LogP contribution in [0.3, 0.4) is 0 Å². The minimum atomic E-state index is -2.64. The average Bonchev–Trinajstić information content (AvgIpc) is 3.56.